The highest BCUT2D eigenvalue weighted by molar-refractivity contribution is 6.15. The molecule has 0 N–H and O–H groups in total. The summed E-state index contributed by atoms with van der Waals surface area (Å²) in [7, 11) is 3.14. The van der Waals surface area contributed by atoms with Crippen LogP contribution in [0.5, 0.6) is 17.2 Å². The standard InChI is InChI=1S/C36H31NO7/c1-22-12-14-23(15-13-22)35(39)25-8-4-5-9-26(25)36(40)37-17-16-24-18-32(41-2)33(42-3)19-28(24)29(37)21-43-31-20-34(38)44-30-11-7-6-10-27(30)31/h4-15,18-20,29H,16-17,21H2,1-3H3. The van der Waals surface area contributed by atoms with Crippen LogP contribution in [0.15, 0.2) is 100 Å². The maximum atomic E-state index is 14.4. The van der Waals surface area contributed by atoms with Crippen molar-refractivity contribution < 1.29 is 28.2 Å². The number of carbonyl (C=O) groups excluding carboxylic acids is 2. The molecule has 1 aliphatic rings. The van der Waals surface area contributed by atoms with Crippen molar-refractivity contribution in [2.75, 3.05) is 27.4 Å². The molecule has 1 amide bonds. The van der Waals surface area contributed by atoms with E-state index in [4.69, 9.17) is 18.6 Å². The molecule has 222 valence electrons. The molecular formula is C36H31NO7. The van der Waals surface area contributed by atoms with Crippen LogP contribution in [0.25, 0.3) is 11.0 Å². The lowest BCUT2D eigenvalue weighted by atomic mass is 9.90. The number of ether oxygens (including phenoxy) is 3. The van der Waals surface area contributed by atoms with Gasteiger partial charge in [0, 0.05) is 17.7 Å². The quantitative estimate of drug-likeness (QED) is 0.158. The largest absolute Gasteiger partial charge is 0.493 e. The molecule has 0 saturated carbocycles. The number of benzene rings is 4. The van der Waals surface area contributed by atoms with E-state index in [1.54, 1.807) is 67.7 Å². The van der Waals surface area contributed by atoms with Crippen LogP contribution in [0.2, 0.25) is 0 Å². The van der Waals surface area contributed by atoms with E-state index < -0.39 is 11.7 Å². The number of aryl methyl sites for hydroxylation is 1. The molecule has 44 heavy (non-hydrogen) atoms. The fourth-order valence-electron chi connectivity index (χ4n) is 5.70. The molecule has 1 aromatic heterocycles. The Morgan fingerprint density at radius 3 is 2.27 bits per heavy atom. The van der Waals surface area contributed by atoms with E-state index in [2.05, 4.69) is 0 Å². The van der Waals surface area contributed by atoms with Crippen LogP contribution in [-0.2, 0) is 6.42 Å². The second-order valence-electron chi connectivity index (χ2n) is 10.6. The number of carbonyl (C=O) groups is 2. The number of para-hydroxylation sites is 1. The van der Waals surface area contributed by atoms with Crippen molar-refractivity contribution in [1.82, 2.24) is 4.90 Å². The van der Waals surface area contributed by atoms with E-state index in [0.29, 0.717) is 57.9 Å². The summed E-state index contributed by atoms with van der Waals surface area (Å²) in [6.45, 7) is 2.37. The van der Waals surface area contributed by atoms with Gasteiger partial charge in [-0.05, 0) is 54.8 Å². The van der Waals surface area contributed by atoms with Gasteiger partial charge in [0.15, 0.2) is 17.3 Å². The van der Waals surface area contributed by atoms with Crippen LogP contribution in [0.4, 0.5) is 0 Å². The molecule has 6 rings (SSSR count). The third kappa shape index (κ3) is 5.42. The van der Waals surface area contributed by atoms with Gasteiger partial charge in [-0.3, -0.25) is 9.59 Å². The van der Waals surface area contributed by atoms with Crippen LogP contribution in [0.1, 0.15) is 49.0 Å². The number of amides is 1. The molecular weight excluding hydrogens is 558 g/mol. The summed E-state index contributed by atoms with van der Waals surface area (Å²) in [5.41, 5.74) is 3.86. The lowest BCUT2D eigenvalue weighted by Gasteiger charge is -2.38. The Balaban J connectivity index is 1.41. The number of methoxy groups -OCH3 is 2. The zero-order chi connectivity index (χ0) is 30.8. The van der Waals surface area contributed by atoms with Gasteiger partial charge in [-0.15, -0.1) is 0 Å². The third-order valence-corrected chi connectivity index (χ3v) is 7.99. The first-order valence-corrected chi connectivity index (χ1v) is 14.3. The molecule has 0 saturated heterocycles. The van der Waals surface area contributed by atoms with Gasteiger partial charge in [-0.2, -0.15) is 0 Å². The van der Waals surface area contributed by atoms with Crippen molar-refractivity contribution >= 4 is 22.7 Å². The first-order valence-electron chi connectivity index (χ1n) is 14.3. The van der Waals surface area contributed by atoms with E-state index in [9.17, 15) is 14.4 Å². The van der Waals surface area contributed by atoms with Gasteiger partial charge < -0.3 is 23.5 Å². The van der Waals surface area contributed by atoms with Crippen LogP contribution in [0, 0.1) is 6.92 Å². The van der Waals surface area contributed by atoms with Crippen molar-refractivity contribution in [1.29, 1.82) is 0 Å². The van der Waals surface area contributed by atoms with E-state index in [1.165, 1.54) is 6.07 Å². The topological polar surface area (TPSA) is 95.3 Å². The van der Waals surface area contributed by atoms with Gasteiger partial charge in [0.25, 0.3) is 5.91 Å². The van der Waals surface area contributed by atoms with E-state index >= 15 is 0 Å². The van der Waals surface area contributed by atoms with Gasteiger partial charge in [-0.25, -0.2) is 4.79 Å². The van der Waals surface area contributed by atoms with Crippen molar-refractivity contribution in [2.24, 2.45) is 0 Å². The van der Waals surface area contributed by atoms with Gasteiger partial charge in [0.05, 0.1) is 37.3 Å². The Morgan fingerprint density at radius 1 is 0.841 bits per heavy atom. The number of rotatable bonds is 8. The number of hydrogen-bond acceptors (Lipinski definition) is 7. The summed E-state index contributed by atoms with van der Waals surface area (Å²) in [6.07, 6.45) is 0.559. The minimum absolute atomic E-state index is 0.0374. The van der Waals surface area contributed by atoms with Crippen molar-refractivity contribution in [2.45, 2.75) is 19.4 Å². The number of fused-ring (bicyclic) bond motifs is 2. The number of nitrogens with zero attached hydrogens (tertiary/aromatic N) is 1. The average molecular weight is 590 g/mol. The van der Waals surface area contributed by atoms with Gasteiger partial charge in [0.2, 0.25) is 0 Å². The Labute approximate surface area is 254 Å². The molecule has 0 bridgehead atoms. The molecule has 8 nitrogen and oxygen atoms in total. The van der Waals surface area contributed by atoms with Gasteiger partial charge in [-0.1, -0.05) is 60.2 Å². The van der Waals surface area contributed by atoms with Crippen LogP contribution < -0.4 is 19.8 Å². The first kappa shape index (κ1) is 28.7. The molecule has 1 unspecified atom stereocenters. The second-order valence-corrected chi connectivity index (χ2v) is 10.6. The average Bonchev–Trinajstić information content (AvgIpc) is 3.05. The molecule has 4 aromatic carbocycles. The third-order valence-electron chi connectivity index (χ3n) is 7.99. The summed E-state index contributed by atoms with van der Waals surface area (Å²) in [5, 5.41) is 0.641. The van der Waals surface area contributed by atoms with Crippen molar-refractivity contribution in [3.8, 4) is 17.2 Å². The zero-order valence-corrected chi connectivity index (χ0v) is 24.7. The van der Waals surface area contributed by atoms with E-state index in [0.717, 1.165) is 16.7 Å². The summed E-state index contributed by atoms with van der Waals surface area (Å²) in [5.74, 6) is 0.935. The molecule has 1 atom stereocenters. The molecule has 5 aromatic rings. The molecule has 0 radical (unpaired) electrons. The molecule has 0 aliphatic carbocycles. The zero-order valence-electron chi connectivity index (χ0n) is 24.7. The van der Waals surface area contributed by atoms with Crippen LogP contribution in [-0.4, -0.2) is 44.0 Å². The van der Waals surface area contributed by atoms with Gasteiger partial charge in [0.1, 0.15) is 17.9 Å². The maximum absolute atomic E-state index is 14.4. The maximum Gasteiger partial charge on any atom is 0.339 e. The predicted octanol–water partition coefficient (Wildman–Crippen LogP) is 6.17. The van der Waals surface area contributed by atoms with E-state index in [1.807, 2.05) is 43.3 Å². The monoisotopic (exact) mass is 589 g/mol. The fraction of sp³-hybridized carbons (Fsp3) is 0.194. The highest BCUT2D eigenvalue weighted by atomic mass is 16.5. The predicted molar refractivity (Wildman–Crippen MR) is 166 cm³/mol. The molecule has 8 heteroatoms. The van der Waals surface area contributed by atoms with Crippen molar-refractivity contribution in [3.05, 3.63) is 135 Å². The Morgan fingerprint density at radius 2 is 1.52 bits per heavy atom. The Bertz CT molecular complexity index is 1930. The smallest absolute Gasteiger partial charge is 0.339 e. The lowest BCUT2D eigenvalue weighted by molar-refractivity contribution is 0.0587. The van der Waals surface area contributed by atoms with Gasteiger partial charge >= 0.3 is 5.63 Å². The molecule has 2 heterocycles. The second kappa shape index (κ2) is 12.1. The number of hydrogen-bond donors (Lipinski definition) is 0. The van der Waals surface area contributed by atoms with Crippen LogP contribution >= 0.6 is 0 Å². The summed E-state index contributed by atoms with van der Waals surface area (Å²) in [4.78, 5) is 42.0. The highest BCUT2D eigenvalue weighted by Gasteiger charge is 2.35. The minimum Gasteiger partial charge on any atom is -0.493 e. The number of ketones is 1. The lowest BCUT2D eigenvalue weighted by Crippen LogP contribution is -2.43. The minimum atomic E-state index is -0.570. The molecule has 1 aliphatic heterocycles. The Hall–Kier alpha value is -5.37. The normalized spacial score (nSPS) is 14.2. The summed E-state index contributed by atoms with van der Waals surface area (Å²) in [6, 6.07) is 25.8. The fourth-order valence-corrected chi connectivity index (χ4v) is 5.70. The summed E-state index contributed by atoms with van der Waals surface area (Å²) >= 11 is 0. The first-order chi connectivity index (χ1) is 21.4. The highest BCUT2D eigenvalue weighted by Crippen LogP contribution is 2.39. The SMILES string of the molecule is COc1cc2c(cc1OC)C(COc1cc(=O)oc3ccccc13)N(C(=O)c1ccccc1C(=O)c1ccc(C)cc1)CC2. The molecule has 0 spiro atoms. The van der Waals surface area contributed by atoms with Crippen molar-refractivity contribution in [3.63, 3.8) is 0 Å². The molecule has 0 fully saturated rings. The Kier molecular flexibility index (Phi) is 7.89. The summed E-state index contributed by atoms with van der Waals surface area (Å²) < 4.78 is 22.8. The van der Waals surface area contributed by atoms with E-state index in [-0.39, 0.29) is 18.3 Å². The van der Waals surface area contributed by atoms with Crippen LogP contribution in [0.3, 0.4) is 0 Å².